The number of amides is 1. The van der Waals surface area contributed by atoms with Crippen LogP contribution in [0.1, 0.15) is 45.6 Å². The Kier molecular flexibility index (Phi) is 6.34. The van der Waals surface area contributed by atoms with Crippen molar-refractivity contribution >= 4 is 11.6 Å². The summed E-state index contributed by atoms with van der Waals surface area (Å²) >= 11 is 0. The highest BCUT2D eigenvalue weighted by molar-refractivity contribution is 5.90. The average Bonchev–Trinajstić information content (AvgIpc) is 2.27. The highest BCUT2D eigenvalue weighted by Crippen LogP contribution is 2.15. The molecule has 0 aliphatic heterocycles. The van der Waals surface area contributed by atoms with E-state index in [1.54, 1.807) is 0 Å². The quantitative estimate of drug-likeness (QED) is 0.737. The van der Waals surface area contributed by atoms with Gasteiger partial charge in [-0.3, -0.25) is 4.79 Å². The van der Waals surface area contributed by atoms with E-state index in [0.717, 1.165) is 24.1 Å². The van der Waals surface area contributed by atoms with Gasteiger partial charge in [0, 0.05) is 12.1 Å². The zero-order valence-electron chi connectivity index (χ0n) is 12.5. The summed E-state index contributed by atoms with van der Waals surface area (Å²) in [5, 5.41) is 2.96. The molecule has 0 spiro atoms. The molecule has 0 aromatic heterocycles. The molecule has 0 saturated carbocycles. The maximum absolute atomic E-state index is 11.9. The Morgan fingerprint density at radius 2 is 2.11 bits per heavy atom. The summed E-state index contributed by atoms with van der Waals surface area (Å²) < 4.78 is 0. The van der Waals surface area contributed by atoms with Crippen LogP contribution in [0.3, 0.4) is 0 Å². The van der Waals surface area contributed by atoms with Crippen LogP contribution in [0.2, 0.25) is 0 Å². The van der Waals surface area contributed by atoms with E-state index >= 15 is 0 Å². The van der Waals surface area contributed by atoms with Gasteiger partial charge >= 0.3 is 0 Å². The predicted octanol–water partition coefficient (Wildman–Crippen LogP) is 4.71. The zero-order chi connectivity index (χ0) is 14.3. The monoisotopic (exact) mass is 259 g/mol. The minimum absolute atomic E-state index is 0.107. The Hall–Kier alpha value is -1.57. The van der Waals surface area contributed by atoms with E-state index in [9.17, 15) is 4.79 Å². The van der Waals surface area contributed by atoms with Crippen molar-refractivity contribution in [3.8, 4) is 0 Å². The van der Waals surface area contributed by atoms with E-state index < -0.39 is 0 Å². The smallest absolute Gasteiger partial charge is 0.224 e. The fourth-order valence-electron chi connectivity index (χ4n) is 2.01. The third kappa shape index (κ3) is 6.80. The van der Waals surface area contributed by atoms with Crippen molar-refractivity contribution in [2.24, 2.45) is 5.92 Å². The highest BCUT2D eigenvalue weighted by atomic mass is 16.1. The van der Waals surface area contributed by atoms with Gasteiger partial charge in [-0.15, -0.1) is 0 Å². The molecule has 0 saturated heterocycles. The number of benzene rings is 1. The number of aryl methyl sites for hydroxylation is 1. The molecular formula is C17H25NO. The lowest BCUT2D eigenvalue weighted by Gasteiger charge is -2.11. The lowest BCUT2D eigenvalue weighted by atomic mass is 10.0. The number of allylic oxidation sites excluding steroid dienone is 2. The Balaban J connectivity index is 2.36. The molecule has 0 bridgehead atoms. The van der Waals surface area contributed by atoms with E-state index in [2.05, 4.69) is 32.2 Å². The van der Waals surface area contributed by atoms with Crippen molar-refractivity contribution < 1.29 is 4.79 Å². The average molecular weight is 259 g/mol. The van der Waals surface area contributed by atoms with Crippen LogP contribution in [0.25, 0.3) is 0 Å². The molecule has 2 nitrogen and oxygen atoms in total. The minimum atomic E-state index is 0.107. The summed E-state index contributed by atoms with van der Waals surface area (Å²) in [6.45, 7) is 8.37. The number of rotatable bonds is 6. The molecule has 1 aromatic carbocycles. The fraction of sp³-hybridized carbons (Fsp3) is 0.471. The van der Waals surface area contributed by atoms with Crippen molar-refractivity contribution in [2.75, 3.05) is 5.32 Å². The first-order valence-electron chi connectivity index (χ1n) is 6.97. The number of carbonyl (C=O) groups is 1. The van der Waals surface area contributed by atoms with E-state index in [-0.39, 0.29) is 5.91 Å². The fourth-order valence-corrected chi connectivity index (χ4v) is 2.01. The molecule has 104 valence electrons. The first-order valence-corrected chi connectivity index (χ1v) is 6.97. The summed E-state index contributed by atoms with van der Waals surface area (Å²) in [6, 6.07) is 7.91. The topological polar surface area (TPSA) is 29.1 Å². The van der Waals surface area contributed by atoms with Crippen molar-refractivity contribution in [2.45, 2.75) is 47.0 Å². The number of anilines is 1. The molecule has 19 heavy (non-hydrogen) atoms. The summed E-state index contributed by atoms with van der Waals surface area (Å²) in [5.74, 6) is 0.524. The Morgan fingerprint density at radius 3 is 2.74 bits per heavy atom. The normalized spacial score (nSPS) is 11.8. The molecule has 0 heterocycles. The van der Waals surface area contributed by atoms with Crippen LogP contribution in [0.4, 0.5) is 5.69 Å². The molecule has 1 N–H and O–H groups in total. The lowest BCUT2D eigenvalue weighted by molar-refractivity contribution is -0.117. The molecule has 2 heteroatoms. The summed E-state index contributed by atoms with van der Waals surface area (Å²) in [6.07, 6.45) is 4.94. The summed E-state index contributed by atoms with van der Waals surface area (Å²) in [7, 11) is 0. The summed E-state index contributed by atoms with van der Waals surface area (Å²) in [5.41, 5.74) is 3.40. The number of hydrogen-bond donors (Lipinski definition) is 1. The van der Waals surface area contributed by atoms with Gasteiger partial charge in [-0.05, 0) is 57.2 Å². The minimum Gasteiger partial charge on any atom is -0.326 e. The van der Waals surface area contributed by atoms with Crippen LogP contribution in [0, 0.1) is 12.8 Å². The van der Waals surface area contributed by atoms with Gasteiger partial charge < -0.3 is 5.32 Å². The van der Waals surface area contributed by atoms with Gasteiger partial charge in [0.05, 0.1) is 0 Å². The van der Waals surface area contributed by atoms with Crippen molar-refractivity contribution in [3.05, 3.63) is 41.5 Å². The molecule has 0 aliphatic rings. The number of nitrogens with one attached hydrogen (secondary N) is 1. The Bertz CT molecular complexity index is 444. The second-order valence-electron chi connectivity index (χ2n) is 5.59. The first-order chi connectivity index (χ1) is 8.97. The molecule has 0 aliphatic carbocycles. The van der Waals surface area contributed by atoms with Crippen LogP contribution in [0.5, 0.6) is 0 Å². The van der Waals surface area contributed by atoms with Crippen molar-refractivity contribution in [1.82, 2.24) is 0 Å². The molecule has 1 unspecified atom stereocenters. The summed E-state index contributed by atoms with van der Waals surface area (Å²) in [4.78, 5) is 11.9. The largest absolute Gasteiger partial charge is 0.326 e. The lowest BCUT2D eigenvalue weighted by Crippen LogP contribution is -2.15. The molecule has 1 atom stereocenters. The zero-order valence-corrected chi connectivity index (χ0v) is 12.5. The maximum Gasteiger partial charge on any atom is 0.224 e. The second kappa shape index (κ2) is 7.78. The number of hydrogen-bond acceptors (Lipinski definition) is 1. The van der Waals surface area contributed by atoms with Crippen LogP contribution >= 0.6 is 0 Å². The van der Waals surface area contributed by atoms with Crippen LogP contribution < -0.4 is 5.32 Å². The number of carbonyl (C=O) groups excluding carboxylic acids is 1. The van der Waals surface area contributed by atoms with Gasteiger partial charge in [0.15, 0.2) is 0 Å². The molecule has 1 rings (SSSR count). The maximum atomic E-state index is 11.9. The molecular weight excluding hydrogens is 234 g/mol. The van der Waals surface area contributed by atoms with Gasteiger partial charge in [-0.1, -0.05) is 30.7 Å². The van der Waals surface area contributed by atoms with Gasteiger partial charge in [-0.25, -0.2) is 0 Å². The van der Waals surface area contributed by atoms with Crippen LogP contribution in [-0.2, 0) is 4.79 Å². The molecule has 1 amide bonds. The Morgan fingerprint density at radius 1 is 1.37 bits per heavy atom. The van der Waals surface area contributed by atoms with Crippen molar-refractivity contribution in [3.63, 3.8) is 0 Å². The third-order valence-corrected chi connectivity index (χ3v) is 3.05. The van der Waals surface area contributed by atoms with Crippen molar-refractivity contribution in [1.29, 1.82) is 0 Å². The van der Waals surface area contributed by atoms with E-state index in [0.29, 0.717) is 12.3 Å². The highest BCUT2D eigenvalue weighted by Gasteiger charge is 2.08. The standard InChI is InChI=1S/C17H25NO/c1-13(2)7-5-8-15(4)12-17(19)18-16-10-6-9-14(3)11-16/h6-7,9-11,15H,5,8,12H2,1-4H3,(H,18,19). The molecule has 0 radical (unpaired) electrons. The van der Waals surface area contributed by atoms with E-state index in [1.165, 1.54) is 5.57 Å². The van der Waals surface area contributed by atoms with E-state index in [1.807, 2.05) is 31.2 Å². The van der Waals surface area contributed by atoms with Crippen LogP contribution in [-0.4, -0.2) is 5.91 Å². The molecule has 0 fully saturated rings. The van der Waals surface area contributed by atoms with Gasteiger partial charge in [0.25, 0.3) is 0 Å². The first kappa shape index (κ1) is 15.5. The van der Waals surface area contributed by atoms with Crippen LogP contribution in [0.15, 0.2) is 35.9 Å². The Labute approximate surface area is 116 Å². The molecule has 1 aromatic rings. The second-order valence-corrected chi connectivity index (χ2v) is 5.59. The van der Waals surface area contributed by atoms with Gasteiger partial charge in [0.2, 0.25) is 5.91 Å². The SMILES string of the molecule is CC(C)=CCCC(C)CC(=O)Nc1cccc(C)c1. The third-order valence-electron chi connectivity index (χ3n) is 3.05. The van der Waals surface area contributed by atoms with Gasteiger partial charge in [-0.2, -0.15) is 0 Å². The van der Waals surface area contributed by atoms with E-state index in [4.69, 9.17) is 0 Å². The predicted molar refractivity (Wildman–Crippen MR) is 82.3 cm³/mol. The van der Waals surface area contributed by atoms with Gasteiger partial charge in [0.1, 0.15) is 0 Å².